The van der Waals surface area contributed by atoms with E-state index < -0.39 is 0 Å². The van der Waals surface area contributed by atoms with E-state index in [0.29, 0.717) is 12.5 Å². The summed E-state index contributed by atoms with van der Waals surface area (Å²) >= 11 is 2.30. The third-order valence-corrected chi connectivity index (χ3v) is 3.15. The van der Waals surface area contributed by atoms with Crippen LogP contribution in [-0.4, -0.2) is 23.6 Å². The number of halogens is 1. The molecule has 0 aliphatic carbocycles. The molecule has 0 aromatic carbocycles. The minimum absolute atomic E-state index is 0.392. The lowest BCUT2D eigenvalue weighted by atomic mass is 10.1. The summed E-state index contributed by atoms with van der Waals surface area (Å²) in [5.41, 5.74) is 1.08. The fourth-order valence-corrected chi connectivity index (χ4v) is 2.43. The van der Waals surface area contributed by atoms with Crippen molar-refractivity contribution in [3.8, 4) is 0 Å². The molecule has 0 bridgehead atoms. The summed E-state index contributed by atoms with van der Waals surface area (Å²) in [6.45, 7) is 7.64. The van der Waals surface area contributed by atoms with Crippen LogP contribution in [0.5, 0.6) is 0 Å². The van der Waals surface area contributed by atoms with Gasteiger partial charge in [-0.05, 0) is 35.4 Å². The number of hydrogen-bond donors (Lipinski definition) is 1. The molecule has 0 aliphatic heterocycles. The predicted molar refractivity (Wildman–Crippen MR) is 73.7 cm³/mol. The Hall–Kier alpha value is -0.430. The van der Waals surface area contributed by atoms with Crippen molar-refractivity contribution >= 4 is 28.4 Å². The first-order chi connectivity index (χ1) is 7.60. The summed E-state index contributed by atoms with van der Waals surface area (Å²) in [6.07, 6.45) is 0. The molecule has 1 N–H and O–H groups in total. The van der Waals surface area contributed by atoms with E-state index in [1.165, 1.54) is 0 Å². The van der Waals surface area contributed by atoms with E-state index in [1.54, 1.807) is 7.11 Å². The molecule has 0 fully saturated rings. The van der Waals surface area contributed by atoms with Crippen LogP contribution in [0.4, 0.5) is 5.82 Å². The third kappa shape index (κ3) is 3.28. The van der Waals surface area contributed by atoms with Gasteiger partial charge in [-0.15, -0.1) is 0 Å². The van der Waals surface area contributed by atoms with Crippen LogP contribution in [-0.2, 0) is 11.3 Å². The first kappa shape index (κ1) is 13.6. The van der Waals surface area contributed by atoms with E-state index in [2.05, 4.69) is 58.6 Å². The Kier molecular flexibility index (Phi) is 5.40. The number of rotatable bonds is 5. The molecule has 90 valence electrons. The van der Waals surface area contributed by atoms with E-state index >= 15 is 0 Å². The lowest BCUT2D eigenvalue weighted by Gasteiger charge is -2.13. The largest absolute Gasteiger partial charge is 0.377 e. The Balaban J connectivity index is 3.16. The summed E-state index contributed by atoms with van der Waals surface area (Å²) in [6, 6.07) is 0. The number of hydrogen-bond acceptors (Lipinski definition) is 4. The van der Waals surface area contributed by atoms with Gasteiger partial charge in [-0.2, -0.15) is 0 Å². The zero-order chi connectivity index (χ0) is 12.1. The average molecular weight is 335 g/mol. The fourth-order valence-electron chi connectivity index (χ4n) is 1.37. The standard InChI is InChI=1S/C11H18IN3O/c1-5-13-11-9(12)10(7(2)3)14-8(15-11)6-16-4/h7H,5-6H2,1-4H3,(H,13,14,15). The molecule has 1 rings (SSSR count). The van der Waals surface area contributed by atoms with Gasteiger partial charge < -0.3 is 10.1 Å². The Morgan fingerprint density at radius 3 is 2.56 bits per heavy atom. The van der Waals surface area contributed by atoms with E-state index in [9.17, 15) is 0 Å². The monoisotopic (exact) mass is 335 g/mol. The summed E-state index contributed by atoms with van der Waals surface area (Å²) in [7, 11) is 1.66. The van der Waals surface area contributed by atoms with Crippen LogP contribution in [0, 0.1) is 3.57 Å². The van der Waals surface area contributed by atoms with Crippen LogP contribution >= 0.6 is 22.6 Å². The van der Waals surface area contributed by atoms with E-state index in [4.69, 9.17) is 4.74 Å². The Labute approximate surface area is 110 Å². The molecule has 5 heteroatoms. The number of ether oxygens (including phenoxy) is 1. The van der Waals surface area contributed by atoms with Gasteiger partial charge in [0.2, 0.25) is 0 Å². The number of nitrogens with zero attached hydrogens (tertiary/aromatic N) is 2. The van der Waals surface area contributed by atoms with Gasteiger partial charge in [0.15, 0.2) is 5.82 Å². The smallest absolute Gasteiger partial charge is 0.156 e. The summed E-state index contributed by atoms with van der Waals surface area (Å²) in [5, 5.41) is 3.26. The zero-order valence-corrected chi connectivity index (χ0v) is 12.3. The van der Waals surface area contributed by atoms with Gasteiger partial charge in [-0.25, -0.2) is 9.97 Å². The van der Waals surface area contributed by atoms with Gasteiger partial charge in [-0.3, -0.25) is 0 Å². The van der Waals surface area contributed by atoms with Gasteiger partial charge in [0.25, 0.3) is 0 Å². The first-order valence-corrected chi connectivity index (χ1v) is 6.47. The molecule has 0 radical (unpaired) electrons. The van der Waals surface area contributed by atoms with Gasteiger partial charge in [0.1, 0.15) is 12.4 Å². The van der Waals surface area contributed by atoms with Crippen LogP contribution < -0.4 is 5.32 Å². The van der Waals surface area contributed by atoms with E-state index in [1.807, 2.05) is 0 Å². The Morgan fingerprint density at radius 2 is 2.06 bits per heavy atom. The van der Waals surface area contributed by atoms with Crippen LogP contribution in [0.3, 0.4) is 0 Å². The molecule has 0 atom stereocenters. The molecule has 0 spiro atoms. The molecule has 1 aromatic heterocycles. The summed E-state index contributed by atoms with van der Waals surface area (Å²) < 4.78 is 6.19. The minimum Gasteiger partial charge on any atom is -0.377 e. The lowest BCUT2D eigenvalue weighted by molar-refractivity contribution is 0.177. The Morgan fingerprint density at radius 1 is 1.38 bits per heavy atom. The average Bonchev–Trinajstić information content (AvgIpc) is 2.23. The second kappa shape index (κ2) is 6.34. The maximum absolute atomic E-state index is 5.08. The minimum atomic E-state index is 0.392. The first-order valence-electron chi connectivity index (χ1n) is 5.39. The molecular weight excluding hydrogens is 317 g/mol. The van der Waals surface area contributed by atoms with Crippen molar-refractivity contribution in [1.82, 2.24) is 9.97 Å². The van der Waals surface area contributed by atoms with Crippen molar-refractivity contribution in [2.45, 2.75) is 33.3 Å². The number of methoxy groups -OCH3 is 1. The fraction of sp³-hybridized carbons (Fsp3) is 0.636. The van der Waals surface area contributed by atoms with Gasteiger partial charge >= 0.3 is 0 Å². The predicted octanol–water partition coefficient (Wildman–Crippen LogP) is 2.78. The maximum atomic E-state index is 5.08. The van der Waals surface area contributed by atoms with E-state index in [0.717, 1.165) is 27.5 Å². The second-order valence-electron chi connectivity index (χ2n) is 3.81. The highest BCUT2D eigenvalue weighted by Gasteiger charge is 2.14. The van der Waals surface area contributed by atoms with Crippen molar-refractivity contribution in [1.29, 1.82) is 0 Å². The topological polar surface area (TPSA) is 47.0 Å². The Bertz CT molecular complexity index is 355. The molecule has 0 amide bonds. The number of nitrogens with one attached hydrogen (secondary N) is 1. The molecule has 0 unspecified atom stereocenters. The van der Waals surface area contributed by atoms with Crippen molar-refractivity contribution in [2.75, 3.05) is 19.0 Å². The highest BCUT2D eigenvalue weighted by Crippen LogP contribution is 2.25. The highest BCUT2D eigenvalue weighted by molar-refractivity contribution is 14.1. The summed E-state index contributed by atoms with van der Waals surface area (Å²) in [4.78, 5) is 8.96. The quantitative estimate of drug-likeness (QED) is 0.841. The molecule has 1 heterocycles. The van der Waals surface area contributed by atoms with Crippen molar-refractivity contribution in [2.24, 2.45) is 0 Å². The molecular formula is C11H18IN3O. The molecule has 1 aromatic rings. The van der Waals surface area contributed by atoms with Crippen LogP contribution in [0.15, 0.2) is 0 Å². The van der Waals surface area contributed by atoms with Crippen molar-refractivity contribution in [3.05, 3.63) is 15.1 Å². The van der Waals surface area contributed by atoms with Crippen LogP contribution in [0.25, 0.3) is 0 Å². The molecule has 0 aliphatic rings. The normalized spacial score (nSPS) is 10.9. The number of aromatic nitrogens is 2. The van der Waals surface area contributed by atoms with Gasteiger partial charge in [-0.1, -0.05) is 13.8 Å². The molecule has 0 saturated heterocycles. The van der Waals surface area contributed by atoms with E-state index in [-0.39, 0.29) is 0 Å². The van der Waals surface area contributed by atoms with Crippen LogP contribution in [0.2, 0.25) is 0 Å². The highest BCUT2D eigenvalue weighted by atomic mass is 127. The number of anilines is 1. The molecule has 16 heavy (non-hydrogen) atoms. The molecule has 4 nitrogen and oxygen atoms in total. The lowest BCUT2D eigenvalue weighted by Crippen LogP contribution is -2.11. The summed E-state index contributed by atoms with van der Waals surface area (Å²) in [5.74, 6) is 2.04. The van der Waals surface area contributed by atoms with Gasteiger partial charge in [0.05, 0.1) is 9.26 Å². The second-order valence-corrected chi connectivity index (χ2v) is 4.88. The van der Waals surface area contributed by atoms with Crippen LogP contribution in [0.1, 0.15) is 38.2 Å². The zero-order valence-electron chi connectivity index (χ0n) is 10.2. The maximum Gasteiger partial charge on any atom is 0.156 e. The SMILES string of the molecule is CCNc1nc(COC)nc(C(C)C)c1I. The van der Waals surface area contributed by atoms with Crippen molar-refractivity contribution < 1.29 is 4.74 Å². The molecule has 0 saturated carbocycles. The van der Waals surface area contributed by atoms with Crippen molar-refractivity contribution in [3.63, 3.8) is 0 Å². The third-order valence-electron chi connectivity index (χ3n) is 2.09. The van der Waals surface area contributed by atoms with Gasteiger partial charge in [0, 0.05) is 13.7 Å².